The van der Waals surface area contributed by atoms with Gasteiger partial charge >= 0.3 is 5.97 Å². The average Bonchev–Trinajstić information content (AvgIpc) is 3.26. The Morgan fingerprint density at radius 1 is 1.13 bits per heavy atom. The molecule has 1 N–H and O–H groups in total. The summed E-state index contributed by atoms with van der Waals surface area (Å²) in [6.07, 6.45) is 0. The summed E-state index contributed by atoms with van der Waals surface area (Å²) >= 11 is 1.19. The first-order valence-corrected chi connectivity index (χ1v) is 9.87. The maximum Gasteiger partial charge on any atom is 0.338 e. The van der Waals surface area contributed by atoms with Crippen LogP contribution in [-0.2, 0) is 4.74 Å². The Balaban J connectivity index is 1.56. The second-order valence-corrected chi connectivity index (χ2v) is 7.23. The number of hydrogen-bond donors (Lipinski definition) is 1. The van der Waals surface area contributed by atoms with Gasteiger partial charge in [0.25, 0.3) is 11.6 Å². The monoisotopic (exact) mass is 441 g/mol. The first-order chi connectivity index (χ1) is 14.9. The van der Waals surface area contributed by atoms with Crippen molar-refractivity contribution in [3.8, 4) is 22.8 Å². The van der Waals surface area contributed by atoms with Crippen LogP contribution in [0.4, 0.5) is 10.8 Å². The van der Waals surface area contributed by atoms with Gasteiger partial charge < -0.3 is 14.2 Å². The lowest BCUT2D eigenvalue weighted by atomic mass is 10.1. The van der Waals surface area contributed by atoms with Crippen LogP contribution in [0.15, 0.2) is 41.8 Å². The van der Waals surface area contributed by atoms with E-state index in [-0.39, 0.29) is 11.1 Å². The van der Waals surface area contributed by atoms with Crippen LogP contribution in [-0.4, -0.2) is 42.1 Å². The van der Waals surface area contributed by atoms with Crippen LogP contribution in [0.5, 0.6) is 11.5 Å². The molecule has 0 atom stereocenters. The number of nitrogens with one attached hydrogen (secondary N) is 1. The van der Waals surface area contributed by atoms with Crippen molar-refractivity contribution in [2.75, 3.05) is 25.6 Å². The molecule has 3 aromatic rings. The minimum absolute atomic E-state index is 0.0642. The second kappa shape index (κ2) is 8.40. The maximum absolute atomic E-state index is 12.6. The van der Waals surface area contributed by atoms with Gasteiger partial charge in [0.2, 0.25) is 0 Å². The summed E-state index contributed by atoms with van der Waals surface area (Å²) in [7, 11) is 1.15. The number of benzene rings is 2. The summed E-state index contributed by atoms with van der Waals surface area (Å²) in [6, 6.07) is 8.78. The van der Waals surface area contributed by atoms with Gasteiger partial charge in [-0.15, -0.1) is 11.3 Å². The van der Waals surface area contributed by atoms with Crippen molar-refractivity contribution in [2.24, 2.45) is 0 Å². The zero-order valence-electron chi connectivity index (χ0n) is 16.1. The number of esters is 1. The van der Waals surface area contributed by atoms with E-state index in [4.69, 9.17) is 9.47 Å². The summed E-state index contributed by atoms with van der Waals surface area (Å²) in [5.74, 6) is -0.148. The van der Waals surface area contributed by atoms with E-state index in [9.17, 15) is 19.7 Å². The SMILES string of the molecule is COC(=O)c1cc(C(=O)Nc2nc(-c3ccc4c(c3)OCCO4)cs2)cc([N+](=O)[O-])c1. The van der Waals surface area contributed by atoms with Gasteiger partial charge in [-0.05, 0) is 24.3 Å². The highest BCUT2D eigenvalue weighted by Crippen LogP contribution is 2.35. The summed E-state index contributed by atoms with van der Waals surface area (Å²) in [5, 5.41) is 15.8. The van der Waals surface area contributed by atoms with Gasteiger partial charge in [-0.2, -0.15) is 0 Å². The van der Waals surface area contributed by atoms with E-state index in [0.717, 1.165) is 24.8 Å². The Bertz CT molecular complexity index is 1190. The van der Waals surface area contributed by atoms with Gasteiger partial charge in [-0.3, -0.25) is 20.2 Å². The number of amides is 1. The number of methoxy groups -OCH3 is 1. The molecule has 0 bridgehead atoms. The zero-order chi connectivity index (χ0) is 22.0. The highest BCUT2D eigenvalue weighted by atomic mass is 32.1. The molecule has 1 aromatic heterocycles. The van der Waals surface area contributed by atoms with Gasteiger partial charge in [0.1, 0.15) is 13.2 Å². The molecule has 10 nitrogen and oxygen atoms in total. The smallest absolute Gasteiger partial charge is 0.338 e. The topological polar surface area (TPSA) is 130 Å². The number of ether oxygens (including phenoxy) is 3. The Labute approximate surface area is 179 Å². The fraction of sp³-hybridized carbons (Fsp3) is 0.150. The number of anilines is 1. The van der Waals surface area contributed by atoms with Crippen molar-refractivity contribution in [3.05, 3.63) is 63.0 Å². The molecule has 0 radical (unpaired) electrons. The molecule has 2 heterocycles. The predicted molar refractivity (Wildman–Crippen MR) is 111 cm³/mol. The van der Waals surface area contributed by atoms with Crippen LogP contribution in [0.1, 0.15) is 20.7 Å². The van der Waals surface area contributed by atoms with E-state index >= 15 is 0 Å². The van der Waals surface area contributed by atoms with Crippen LogP contribution >= 0.6 is 11.3 Å². The molecule has 0 fully saturated rings. The fourth-order valence-electron chi connectivity index (χ4n) is 2.92. The van der Waals surface area contributed by atoms with E-state index in [0.29, 0.717) is 35.5 Å². The second-order valence-electron chi connectivity index (χ2n) is 6.37. The predicted octanol–water partition coefficient (Wildman–Crippen LogP) is 3.53. The minimum atomic E-state index is -0.784. The average molecular weight is 441 g/mol. The minimum Gasteiger partial charge on any atom is -0.486 e. The zero-order valence-corrected chi connectivity index (χ0v) is 16.9. The lowest BCUT2D eigenvalue weighted by Gasteiger charge is -2.18. The number of nitro benzene ring substituents is 1. The van der Waals surface area contributed by atoms with Crippen molar-refractivity contribution in [3.63, 3.8) is 0 Å². The Hall–Kier alpha value is -3.99. The van der Waals surface area contributed by atoms with Crippen molar-refractivity contribution < 1.29 is 28.7 Å². The summed E-state index contributed by atoms with van der Waals surface area (Å²) in [4.78, 5) is 39.3. The van der Waals surface area contributed by atoms with E-state index in [1.807, 2.05) is 6.07 Å². The molecule has 0 unspecified atom stereocenters. The molecule has 31 heavy (non-hydrogen) atoms. The van der Waals surface area contributed by atoms with Crippen LogP contribution in [0.25, 0.3) is 11.3 Å². The molecule has 11 heteroatoms. The maximum atomic E-state index is 12.6. The van der Waals surface area contributed by atoms with Crippen molar-refractivity contribution >= 4 is 34.0 Å². The molecule has 0 saturated heterocycles. The highest BCUT2D eigenvalue weighted by molar-refractivity contribution is 7.14. The molecule has 1 amide bonds. The third-order valence-corrected chi connectivity index (χ3v) is 5.13. The van der Waals surface area contributed by atoms with E-state index < -0.39 is 22.5 Å². The van der Waals surface area contributed by atoms with Crippen LogP contribution in [0, 0.1) is 10.1 Å². The van der Waals surface area contributed by atoms with Crippen molar-refractivity contribution in [1.29, 1.82) is 0 Å². The van der Waals surface area contributed by atoms with Gasteiger partial charge in [0.15, 0.2) is 16.6 Å². The Kier molecular flexibility index (Phi) is 5.50. The van der Waals surface area contributed by atoms with Gasteiger partial charge in [-0.25, -0.2) is 9.78 Å². The fourth-order valence-corrected chi connectivity index (χ4v) is 3.63. The summed E-state index contributed by atoms with van der Waals surface area (Å²) in [5.41, 5.74) is 0.837. The lowest BCUT2D eigenvalue weighted by molar-refractivity contribution is -0.384. The number of non-ortho nitro benzene ring substituents is 1. The Morgan fingerprint density at radius 3 is 2.61 bits per heavy atom. The summed E-state index contributed by atoms with van der Waals surface area (Å²) in [6.45, 7) is 0.959. The highest BCUT2D eigenvalue weighted by Gasteiger charge is 2.20. The number of carbonyl (C=O) groups is 2. The molecule has 4 rings (SSSR count). The Morgan fingerprint density at radius 2 is 1.87 bits per heavy atom. The van der Waals surface area contributed by atoms with Gasteiger partial charge in [-0.1, -0.05) is 0 Å². The molecular weight excluding hydrogens is 426 g/mol. The van der Waals surface area contributed by atoms with Crippen LogP contribution in [0.2, 0.25) is 0 Å². The van der Waals surface area contributed by atoms with Gasteiger partial charge in [0.05, 0.1) is 23.3 Å². The standard InChI is InChI=1S/C20H15N3O7S/c1-28-19(25)13-6-12(7-14(8-13)23(26)27)18(24)22-20-21-15(10-31-20)11-2-3-16-17(9-11)30-5-4-29-16/h2-3,6-10H,4-5H2,1H3,(H,21,22,24). The molecule has 2 aromatic carbocycles. The van der Waals surface area contributed by atoms with E-state index in [1.54, 1.807) is 17.5 Å². The molecule has 0 saturated carbocycles. The molecule has 0 spiro atoms. The summed E-state index contributed by atoms with van der Waals surface area (Å²) < 4.78 is 15.7. The third-order valence-electron chi connectivity index (χ3n) is 4.37. The third kappa shape index (κ3) is 4.31. The van der Waals surface area contributed by atoms with Gasteiger partial charge in [0, 0.05) is 28.6 Å². The number of hydrogen-bond acceptors (Lipinski definition) is 9. The lowest BCUT2D eigenvalue weighted by Crippen LogP contribution is -2.15. The van der Waals surface area contributed by atoms with E-state index in [1.165, 1.54) is 17.4 Å². The number of nitro groups is 1. The van der Waals surface area contributed by atoms with Crippen molar-refractivity contribution in [1.82, 2.24) is 4.98 Å². The number of carbonyl (C=O) groups excluding carboxylic acids is 2. The molecule has 0 aliphatic carbocycles. The quantitative estimate of drug-likeness (QED) is 0.362. The van der Waals surface area contributed by atoms with E-state index in [2.05, 4.69) is 15.0 Å². The molecule has 158 valence electrons. The van der Waals surface area contributed by atoms with Crippen LogP contribution < -0.4 is 14.8 Å². The normalized spacial score (nSPS) is 12.2. The molecular formula is C20H15N3O7S. The first-order valence-electron chi connectivity index (χ1n) is 8.99. The largest absolute Gasteiger partial charge is 0.486 e. The number of fused-ring (bicyclic) bond motifs is 1. The molecule has 1 aliphatic rings. The van der Waals surface area contributed by atoms with Crippen LogP contribution in [0.3, 0.4) is 0 Å². The molecule has 1 aliphatic heterocycles. The number of aromatic nitrogens is 1. The number of nitrogens with zero attached hydrogens (tertiary/aromatic N) is 2. The number of rotatable bonds is 5. The van der Waals surface area contributed by atoms with Crippen molar-refractivity contribution in [2.45, 2.75) is 0 Å². The number of thiazole rings is 1. The first kappa shape index (κ1) is 20.3.